The summed E-state index contributed by atoms with van der Waals surface area (Å²) in [6, 6.07) is 4.72. The first-order valence-electron chi connectivity index (χ1n) is 9.92. The fourth-order valence-electron chi connectivity index (χ4n) is 5.77. The van der Waals surface area contributed by atoms with E-state index in [1.165, 1.54) is 44.9 Å². The van der Waals surface area contributed by atoms with Crippen molar-refractivity contribution in [1.82, 2.24) is 0 Å². The third-order valence-electron chi connectivity index (χ3n) is 6.88. The number of nitrogens with zero attached hydrogens (tertiary/aromatic N) is 1. The van der Waals surface area contributed by atoms with Crippen LogP contribution in [0.4, 0.5) is 0 Å². The Morgan fingerprint density at radius 1 is 1.00 bits per heavy atom. The molecule has 0 spiro atoms. The maximum atomic E-state index is 6.50. The summed E-state index contributed by atoms with van der Waals surface area (Å²) in [5, 5.41) is 7.29. The van der Waals surface area contributed by atoms with Crippen LogP contribution in [0.3, 0.4) is 0 Å². The van der Waals surface area contributed by atoms with Gasteiger partial charge in [0.25, 0.3) is 0 Å². The molecule has 1 aliphatic heterocycles. The van der Waals surface area contributed by atoms with Crippen molar-refractivity contribution in [2.75, 3.05) is 0 Å². The van der Waals surface area contributed by atoms with Crippen molar-refractivity contribution >= 4 is 8.07 Å². The van der Waals surface area contributed by atoms with Crippen molar-refractivity contribution in [3.05, 3.63) is 0 Å². The molecule has 1 saturated heterocycles. The highest BCUT2D eigenvalue weighted by molar-refractivity contribution is 6.82. The largest absolute Gasteiger partial charge is 0.202 e. The molecule has 1 nitrogen and oxygen atoms in total. The molecule has 0 aromatic heterocycles. The monoisotopic (exact) mass is 323 g/mol. The maximum Gasteiger partial charge on any atom is 0.0595 e. The van der Waals surface area contributed by atoms with E-state index in [9.17, 15) is 0 Å². The Hall–Kier alpha value is -0.293. The van der Waals surface area contributed by atoms with Crippen LogP contribution in [-0.2, 0) is 0 Å². The Kier molecular flexibility index (Phi) is 11.1. The molecule has 2 unspecified atom stereocenters. The lowest BCUT2D eigenvalue weighted by molar-refractivity contribution is 0.245. The van der Waals surface area contributed by atoms with E-state index in [0.29, 0.717) is 0 Å². The van der Waals surface area contributed by atoms with E-state index in [2.05, 4.69) is 41.2 Å². The van der Waals surface area contributed by atoms with Crippen molar-refractivity contribution in [3.63, 3.8) is 0 Å². The Balaban J connectivity index is 0.00000211. The molecule has 22 heavy (non-hydrogen) atoms. The molecule has 0 aliphatic carbocycles. The van der Waals surface area contributed by atoms with Gasteiger partial charge in [0.15, 0.2) is 0 Å². The van der Waals surface area contributed by atoms with Crippen LogP contribution >= 0.6 is 0 Å². The number of hydrogen-bond acceptors (Lipinski definition) is 1. The third-order valence-corrected chi connectivity index (χ3v) is 14.0. The fraction of sp³-hybridized carbons (Fsp3) is 0.950. The van der Waals surface area contributed by atoms with Gasteiger partial charge >= 0.3 is 0 Å². The van der Waals surface area contributed by atoms with Gasteiger partial charge in [0, 0.05) is 6.57 Å². The summed E-state index contributed by atoms with van der Waals surface area (Å²) in [6.07, 6.45) is 13.4. The molecule has 1 aliphatic rings. The lowest BCUT2D eigenvalue weighted by Gasteiger charge is -2.57. The smallest absolute Gasteiger partial charge is 0.0595 e. The maximum absolute atomic E-state index is 6.50. The summed E-state index contributed by atoms with van der Waals surface area (Å²) in [4.78, 5) is 0. The molecule has 2 atom stereocenters. The Morgan fingerprint density at radius 3 is 2.09 bits per heavy atom. The van der Waals surface area contributed by atoms with Crippen LogP contribution in [0.1, 0.15) is 92.4 Å². The molecule has 0 saturated carbocycles. The molecule has 2 heteroatoms. The summed E-state index contributed by atoms with van der Waals surface area (Å²) < 4.78 is 0. The molecule has 0 amide bonds. The Bertz CT molecular complexity index is 295. The van der Waals surface area contributed by atoms with Crippen molar-refractivity contribution in [3.8, 4) is 6.57 Å². The van der Waals surface area contributed by atoms with E-state index in [0.717, 1.165) is 11.0 Å². The zero-order chi connectivity index (χ0) is 17.1. The molecule has 0 radical (unpaired) electrons. The van der Waals surface area contributed by atoms with Crippen LogP contribution in [-0.4, -0.2) is 8.07 Å². The molecular weight excluding hydrogens is 282 g/mol. The van der Waals surface area contributed by atoms with E-state index < -0.39 is 8.07 Å². The second-order valence-electron chi connectivity index (χ2n) is 7.33. The average molecular weight is 324 g/mol. The van der Waals surface area contributed by atoms with E-state index >= 15 is 0 Å². The van der Waals surface area contributed by atoms with Gasteiger partial charge in [0.05, 0.1) is 8.07 Å². The Morgan fingerprint density at radius 2 is 1.64 bits per heavy atom. The molecule has 0 aromatic rings. The van der Waals surface area contributed by atoms with Gasteiger partial charge in [-0.3, -0.25) is 0 Å². The Labute approximate surface area is 141 Å². The minimum atomic E-state index is -1.05. The van der Waals surface area contributed by atoms with Crippen molar-refractivity contribution in [1.29, 1.82) is 5.26 Å². The number of nitriles is 1. The topological polar surface area (TPSA) is 23.8 Å². The molecule has 1 fully saturated rings. The summed E-state index contributed by atoms with van der Waals surface area (Å²) >= 11 is 0. The second kappa shape index (κ2) is 11.3. The van der Waals surface area contributed by atoms with Gasteiger partial charge < -0.3 is 0 Å². The predicted molar refractivity (Wildman–Crippen MR) is 103 cm³/mol. The number of rotatable bonds is 9. The van der Waals surface area contributed by atoms with Crippen molar-refractivity contribution in [2.45, 2.75) is 116 Å². The summed E-state index contributed by atoms with van der Waals surface area (Å²) in [7, 11) is -1.05. The molecule has 1 heterocycles. The highest BCUT2D eigenvalue weighted by Gasteiger charge is 2.54. The van der Waals surface area contributed by atoms with Gasteiger partial charge in [-0.05, 0) is 17.4 Å². The summed E-state index contributed by atoms with van der Waals surface area (Å²) in [5.41, 5.74) is 0. The van der Waals surface area contributed by atoms with Crippen molar-refractivity contribution in [2.24, 2.45) is 5.92 Å². The molecule has 0 bridgehead atoms. The minimum Gasteiger partial charge on any atom is -0.202 e. The molecular formula is C20H41NSi. The van der Waals surface area contributed by atoms with E-state index in [1.807, 2.05) is 0 Å². The zero-order valence-electron chi connectivity index (χ0n) is 16.1. The average Bonchev–Trinajstić information content (AvgIpc) is 2.58. The SMILES string of the molecule is C#N.CCCCCC1CCC[Si](CC)(CC)C1(CC)CCC. The molecule has 0 aromatic carbocycles. The fourth-order valence-corrected chi connectivity index (χ4v) is 12.4. The van der Waals surface area contributed by atoms with Gasteiger partial charge in [-0.15, -0.1) is 0 Å². The lowest BCUT2D eigenvalue weighted by Crippen LogP contribution is -2.53. The first-order chi connectivity index (χ1) is 10.7. The van der Waals surface area contributed by atoms with E-state index in [-0.39, 0.29) is 0 Å². The summed E-state index contributed by atoms with van der Waals surface area (Å²) in [6.45, 7) is 15.9. The highest BCUT2D eigenvalue weighted by atomic mass is 28.3. The van der Waals surface area contributed by atoms with Crippen LogP contribution in [0.25, 0.3) is 0 Å². The first-order valence-corrected chi connectivity index (χ1v) is 12.5. The minimum absolute atomic E-state index is 0.789. The second-order valence-corrected chi connectivity index (χ2v) is 12.8. The normalized spacial score (nSPS) is 27.0. The molecule has 1 rings (SSSR count). The highest BCUT2D eigenvalue weighted by Crippen LogP contribution is 2.62. The van der Waals surface area contributed by atoms with Gasteiger partial charge in [0.1, 0.15) is 0 Å². The third kappa shape index (κ3) is 4.37. The number of hydrogen-bond donors (Lipinski definition) is 0. The summed E-state index contributed by atoms with van der Waals surface area (Å²) in [5.74, 6) is 1.07. The van der Waals surface area contributed by atoms with E-state index in [1.54, 1.807) is 31.0 Å². The van der Waals surface area contributed by atoms with Gasteiger partial charge in [-0.1, -0.05) is 104 Å². The number of unbranched alkanes of at least 4 members (excludes halogenated alkanes) is 2. The molecule has 130 valence electrons. The quantitative estimate of drug-likeness (QED) is 0.317. The van der Waals surface area contributed by atoms with Crippen LogP contribution in [0, 0.1) is 17.8 Å². The van der Waals surface area contributed by atoms with E-state index in [4.69, 9.17) is 5.26 Å². The van der Waals surface area contributed by atoms with Crippen molar-refractivity contribution < 1.29 is 0 Å². The van der Waals surface area contributed by atoms with Crippen LogP contribution in [0.2, 0.25) is 23.2 Å². The van der Waals surface area contributed by atoms with Gasteiger partial charge in [0.2, 0.25) is 0 Å². The van der Waals surface area contributed by atoms with Gasteiger partial charge in [-0.25, -0.2) is 5.26 Å². The predicted octanol–water partition coefficient (Wildman–Crippen LogP) is 7.56. The standard InChI is InChI=1S/C19H40Si.CHN/c1-6-11-12-14-18-15-13-17-20(9-4,10-5)19(18,8-3)16-7-2;1-2/h18H,6-17H2,1-5H3;1H. The molecule has 0 N–H and O–H groups in total. The van der Waals surface area contributed by atoms with Crippen LogP contribution < -0.4 is 0 Å². The zero-order valence-corrected chi connectivity index (χ0v) is 17.1. The van der Waals surface area contributed by atoms with Crippen LogP contribution in [0.5, 0.6) is 0 Å². The van der Waals surface area contributed by atoms with Crippen LogP contribution in [0.15, 0.2) is 0 Å². The van der Waals surface area contributed by atoms with Gasteiger partial charge in [-0.2, -0.15) is 0 Å². The first kappa shape index (κ1) is 21.7. The lowest BCUT2D eigenvalue weighted by atomic mass is 9.78.